The van der Waals surface area contributed by atoms with Crippen LogP contribution in [0.25, 0.3) is 11.1 Å². The molecule has 1 N–H and O–H groups in total. The van der Waals surface area contributed by atoms with E-state index in [0.29, 0.717) is 11.1 Å². The lowest BCUT2D eigenvalue weighted by Crippen LogP contribution is -2.66. The minimum absolute atomic E-state index is 0.156. The van der Waals surface area contributed by atoms with Gasteiger partial charge in [-0.25, -0.2) is 4.39 Å². The van der Waals surface area contributed by atoms with Crippen LogP contribution < -0.4 is 0 Å². The number of aliphatic hydroxyl groups is 1. The molecule has 1 aliphatic heterocycles. The molecule has 2 aromatic carbocycles. The van der Waals surface area contributed by atoms with Gasteiger partial charge in [-0.05, 0) is 17.2 Å². The number of aliphatic hydroxyl groups excluding tert-OH is 1. The number of ether oxygens (including phenoxy) is 1. The van der Waals surface area contributed by atoms with Gasteiger partial charge in [0.15, 0.2) is 0 Å². The first kappa shape index (κ1) is 18.1. The van der Waals surface area contributed by atoms with Crippen LogP contribution >= 0.6 is 0 Å². The Hall–Kier alpha value is -2.75. The molecular formula is C20H19FN2O3. The van der Waals surface area contributed by atoms with E-state index in [1.54, 1.807) is 30.3 Å². The maximum atomic E-state index is 14.3. The second kappa shape index (κ2) is 7.65. The van der Waals surface area contributed by atoms with Crippen LogP contribution in [0.3, 0.4) is 0 Å². The van der Waals surface area contributed by atoms with Crippen molar-refractivity contribution in [2.75, 3.05) is 20.3 Å². The van der Waals surface area contributed by atoms with Crippen molar-refractivity contribution in [1.82, 2.24) is 4.90 Å². The maximum absolute atomic E-state index is 14.3. The zero-order valence-electron chi connectivity index (χ0n) is 14.3. The van der Waals surface area contributed by atoms with E-state index < -0.39 is 18.0 Å². The predicted octanol–water partition coefficient (Wildman–Crippen LogP) is 2.32. The van der Waals surface area contributed by atoms with Crippen molar-refractivity contribution in [3.8, 4) is 17.2 Å². The van der Waals surface area contributed by atoms with Crippen molar-refractivity contribution in [1.29, 1.82) is 5.26 Å². The van der Waals surface area contributed by atoms with Gasteiger partial charge in [0.05, 0.1) is 18.7 Å². The number of rotatable bonds is 5. The van der Waals surface area contributed by atoms with Crippen molar-refractivity contribution in [2.45, 2.75) is 18.0 Å². The third-order valence-electron chi connectivity index (χ3n) is 4.77. The molecule has 1 amide bonds. The number of hydrogen-bond donors (Lipinski definition) is 1. The van der Waals surface area contributed by atoms with Gasteiger partial charge in [0.1, 0.15) is 18.5 Å². The van der Waals surface area contributed by atoms with Crippen LogP contribution in [-0.2, 0) is 9.53 Å². The van der Waals surface area contributed by atoms with Gasteiger partial charge < -0.3 is 14.7 Å². The summed E-state index contributed by atoms with van der Waals surface area (Å²) in [7, 11) is 1.40. The fourth-order valence-electron chi connectivity index (χ4n) is 3.63. The third-order valence-corrected chi connectivity index (χ3v) is 4.77. The third kappa shape index (κ3) is 2.96. The quantitative estimate of drug-likeness (QED) is 0.894. The van der Waals surface area contributed by atoms with E-state index in [1.807, 2.05) is 12.1 Å². The summed E-state index contributed by atoms with van der Waals surface area (Å²) in [6.07, 6.45) is 0. The lowest BCUT2D eigenvalue weighted by Gasteiger charge is -2.52. The van der Waals surface area contributed by atoms with E-state index in [9.17, 15) is 19.6 Å². The molecule has 134 valence electrons. The summed E-state index contributed by atoms with van der Waals surface area (Å²) in [6.45, 7) is -0.444. The Morgan fingerprint density at radius 2 is 1.88 bits per heavy atom. The van der Waals surface area contributed by atoms with E-state index >= 15 is 0 Å². The van der Waals surface area contributed by atoms with Gasteiger partial charge in [-0.15, -0.1) is 0 Å². The molecule has 1 aliphatic rings. The number of nitrogens with zero attached hydrogens (tertiary/aromatic N) is 2. The Bertz CT molecular complexity index is 849. The molecule has 3 rings (SSSR count). The number of carbonyl (C=O) groups excluding carboxylic acids is 1. The van der Waals surface area contributed by atoms with Crippen molar-refractivity contribution in [3.05, 3.63) is 59.9 Å². The van der Waals surface area contributed by atoms with Crippen LogP contribution in [0.4, 0.5) is 4.39 Å². The van der Waals surface area contributed by atoms with Gasteiger partial charge in [0.2, 0.25) is 5.91 Å². The van der Waals surface area contributed by atoms with Crippen molar-refractivity contribution < 1.29 is 19.0 Å². The number of amides is 1. The highest BCUT2D eigenvalue weighted by Crippen LogP contribution is 2.44. The maximum Gasteiger partial charge on any atom is 0.249 e. The summed E-state index contributed by atoms with van der Waals surface area (Å²) >= 11 is 0. The molecule has 1 heterocycles. The Morgan fingerprint density at radius 1 is 1.23 bits per heavy atom. The van der Waals surface area contributed by atoms with Gasteiger partial charge in [0.25, 0.3) is 0 Å². The van der Waals surface area contributed by atoms with Crippen LogP contribution in [0.2, 0.25) is 0 Å². The molecule has 0 bridgehead atoms. The normalized spacial score (nSPS) is 21.8. The first-order chi connectivity index (χ1) is 12.6. The van der Waals surface area contributed by atoms with Crippen LogP contribution in [0.5, 0.6) is 0 Å². The number of likely N-dealkylation sites (tertiary alicyclic amines) is 1. The average molecular weight is 354 g/mol. The van der Waals surface area contributed by atoms with Crippen LogP contribution in [0.1, 0.15) is 11.5 Å². The summed E-state index contributed by atoms with van der Waals surface area (Å²) in [5.41, 5.74) is 1.83. The molecule has 0 spiro atoms. The Balaban J connectivity index is 2.03. The smallest absolute Gasteiger partial charge is 0.249 e. The highest BCUT2D eigenvalue weighted by Gasteiger charge is 2.52. The lowest BCUT2D eigenvalue weighted by molar-refractivity contribution is -0.150. The second-order valence-electron chi connectivity index (χ2n) is 6.15. The van der Waals surface area contributed by atoms with Gasteiger partial charge in [0, 0.05) is 18.6 Å². The number of benzene rings is 2. The van der Waals surface area contributed by atoms with Crippen LogP contribution in [0, 0.1) is 17.1 Å². The van der Waals surface area contributed by atoms with Crippen LogP contribution in [0.15, 0.2) is 48.5 Å². The van der Waals surface area contributed by atoms with Gasteiger partial charge in [-0.1, -0.05) is 42.5 Å². The summed E-state index contributed by atoms with van der Waals surface area (Å²) < 4.78 is 19.2. The molecule has 0 aromatic heterocycles. The van der Waals surface area contributed by atoms with Crippen molar-refractivity contribution in [3.63, 3.8) is 0 Å². The fourth-order valence-corrected chi connectivity index (χ4v) is 3.63. The molecule has 0 aliphatic carbocycles. The lowest BCUT2D eigenvalue weighted by atomic mass is 9.73. The summed E-state index contributed by atoms with van der Waals surface area (Å²) in [4.78, 5) is 13.6. The Morgan fingerprint density at radius 3 is 2.50 bits per heavy atom. The molecule has 6 heteroatoms. The Kier molecular flexibility index (Phi) is 5.31. The molecule has 3 atom stereocenters. The SMILES string of the molecule is COCC(=O)N1[C@H](C#N)[C@H](c2ccccc2-c2ccccc2F)[C@H]1CO. The second-order valence-corrected chi connectivity index (χ2v) is 6.15. The number of nitriles is 1. The first-order valence-corrected chi connectivity index (χ1v) is 8.28. The fraction of sp³-hybridized carbons (Fsp3) is 0.300. The van der Waals surface area contributed by atoms with Crippen molar-refractivity contribution in [2.24, 2.45) is 0 Å². The number of methoxy groups -OCH3 is 1. The molecule has 5 nitrogen and oxygen atoms in total. The van der Waals surface area contributed by atoms with E-state index in [0.717, 1.165) is 5.56 Å². The zero-order chi connectivity index (χ0) is 18.7. The molecule has 0 saturated carbocycles. The van der Waals surface area contributed by atoms with Gasteiger partial charge >= 0.3 is 0 Å². The highest BCUT2D eigenvalue weighted by molar-refractivity contribution is 5.81. The minimum atomic E-state index is -0.734. The Labute approximate surface area is 151 Å². The van der Waals surface area contributed by atoms with Gasteiger partial charge in [-0.3, -0.25) is 4.79 Å². The first-order valence-electron chi connectivity index (χ1n) is 8.28. The number of carbonyl (C=O) groups is 1. The molecule has 2 aromatic rings. The number of halogens is 1. The monoisotopic (exact) mass is 354 g/mol. The average Bonchev–Trinajstić information content (AvgIpc) is 2.63. The summed E-state index contributed by atoms with van der Waals surface area (Å²) in [6, 6.07) is 14.5. The molecule has 1 fully saturated rings. The topological polar surface area (TPSA) is 73.6 Å². The van der Waals surface area contributed by atoms with E-state index in [1.165, 1.54) is 18.1 Å². The molecular weight excluding hydrogens is 335 g/mol. The summed E-state index contributed by atoms with van der Waals surface area (Å²) in [5, 5.41) is 19.4. The van der Waals surface area contributed by atoms with Gasteiger partial charge in [-0.2, -0.15) is 5.26 Å². The predicted molar refractivity (Wildman–Crippen MR) is 93.6 cm³/mol. The molecule has 1 saturated heterocycles. The molecule has 26 heavy (non-hydrogen) atoms. The van der Waals surface area contributed by atoms with E-state index in [2.05, 4.69) is 6.07 Å². The molecule has 0 unspecified atom stereocenters. The minimum Gasteiger partial charge on any atom is -0.394 e. The molecule has 0 radical (unpaired) electrons. The summed E-state index contributed by atoms with van der Waals surface area (Å²) in [5.74, 6) is -1.11. The largest absolute Gasteiger partial charge is 0.394 e. The van der Waals surface area contributed by atoms with E-state index in [-0.39, 0.29) is 24.9 Å². The highest BCUT2D eigenvalue weighted by atomic mass is 19.1. The zero-order valence-corrected chi connectivity index (χ0v) is 14.3. The number of hydrogen-bond acceptors (Lipinski definition) is 4. The van der Waals surface area contributed by atoms with Crippen LogP contribution in [-0.4, -0.2) is 48.3 Å². The van der Waals surface area contributed by atoms with E-state index in [4.69, 9.17) is 4.74 Å². The van der Waals surface area contributed by atoms with Crippen molar-refractivity contribution >= 4 is 5.91 Å². The standard InChI is InChI=1S/C20H19FN2O3/c1-26-12-19(25)23-17(10-22)20(18(23)11-24)15-8-3-2-6-13(15)14-7-4-5-9-16(14)21/h2-9,17-18,20,24H,11-12H2,1H3/t17-,18-,20+/m1/s1.